The highest BCUT2D eigenvalue weighted by molar-refractivity contribution is 6.30. The van der Waals surface area contributed by atoms with Crippen LogP contribution in [-0.4, -0.2) is 30.4 Å². The number of hydrogen-bond acceptors (Lipinski definition) is 3. The highest BCUT2D eigenvalue weighted by Gasteiger charge is 2.16. The van der Waals surface area contributed by atoms with Gasteiger partial charge in [0.2, 0.25) is 0 Å². The molecule has 0 aliphatic rings. The van der Waals surface area contributed by atoms with Crippen molar-refractivity contribution in [1.29, 1.82) is 0 Å². The zero-order valence-corrected chi connectivity index (χ0v) is 15.0. The molecule has 0 bridgehead atoms. The molecule has 1 atom stereocenters. The third-order valence-electron chi connectivity index (χ3n) is 3.83. The fourth-order valence-corrected chi connectivity index (χ4v) is 2.59. The van der Waals surface area contributed by atoms with Crippen molar-refractivity contribution in [3.05, 3.63) is 64.7 Å². The number of aryl methyl sites for hydroxylation is 1. The zero-order valence-electron chi connectivity index (χ0n) is 14.3. The number of halogens is 1. The highest BCUT2D eigenvalue weighted by Crippen LogP contribution is 2.16. The van der Waals surface area contributed by atoms with Crippen molar-refractivity contribution in [2.45, 2.75) is 32.3 Å². The summed E-state index contributed by atoms with van der Waals surface area (Å²) in [6.45, 7) is 2.79. The Morgan fingerprint density at radius 1 is 1.04 bits per heavy atom. The molecule has 0 saturated heterocycles. The van der Waals surface area contributed by atoms with Gasteiger partial charge in [-0.05, 0) is 55.2 Å². The van der Waals surface area contributed by atoms with Gasteiger partial charge >= 0.3 is 5.97 Å². The predicted octanol–water partition coefficient (Wildman–Crippen LogP) is 4.38. The van der Waals surface area contributed by atoms with Gasteiger partial charge in [0.1, 0.15) is 5.75 Å². The molecular weight excluding hydrogens is 340 g/mol. The predicted molar refractivity (Wildman–Crippen MR) is 98.5 cm³/mol. The molecule has 2 aromatic carbocycles. The lowest BCUT2D eigenvalue weighted by atomic mass is 10.1. The van der Waals surface area contributed by atoms with E-state index in [2.05, 4.69) is 0 Å². The summed E-state index contributed by atoms with van der Waals surface area (Å²) in [6, 6.07) is 15.5. The number of ether oxygens (including phenoxy) is 2. The number of hydrogen-bond donors (Lipinski definition) is 1. The van der Waals surface area contributed by atoms with E-state index in [0.717, 1.165) is 22.8 Å². The summed E-state index contributed by atoms with van der Waals surface area (Å²) >= 11 is 5.86. The van der Waals surface area contributed by atoms with E-state index in [1.165, 1.54) is 5.56 Å². The fraction of sp³-hybridized carbons (Fsp3) is 0.350. The van der Waals surface area contributed by atoms with Crippen molar-refractivity contribution in [3.63, 3.8) is 0 Å². The minimum absolute atomic E-state index is 0.400. The van der Waals surface area contributed by atoms with Gasteiger partial charge in [-0.25, -0.2) is 4.79 Å². The smallest absolute Gasteiger partial charge is 0.332 e. The molecule has 1 N–H and O–H groups in total. The van der Waals surface area contributed by atoms with E-state index < -0.39 is 12.1 Å². The van der Waals surface area contributed by atoms with Crippen molar-refractivity contribution in [2.75, 3.05) is 13.2 Å². The lowest BCUT2D eigenvalue weighted by Crippen LogP contribution is -2.24. The zero-order chi connectivity index (χ0) is 18.1. The topological polar surface area (TPSA) is 55.8 Å². The number of carbonyl (C=O) groups is 1. The first kappa shape index (κ1) is 19.3. The number of rotatable bonds is 10. The molecule has 0 amide bonds. The van der Waals surface area contributed by atoms with Crippen molar-refractivity contribution in [1.82, 2.24) is 0 Å². The van der Waals surface area contributed by atoms with Gasteiger partial charge < -0.3 is 14.6 Å². The van der Waals surface area contributed by atoms with Gasteiger partial charge in [-0.3, -0.25) is 0 Å². The Morgan fingerprint density at radius 3 is 2.24 bits per heavy atom. The molecule has 0 radical (unpaired) electrons. The summed E-state index contributed by atoms with van der Waals surface area (Å²) in [5, 5.41) is 9.81. The van der Waals surface area contributed by atoms with E-state index >= 15 is 0 Å². The van der Waals surface area contributed by atoms with Crippen molar-refractivity contribution in [3.8, 4) is 5.75 Å². The van der Waals surface area contributed by atoms with E-state index in [9.17, 15) is 4.79 Å². The molecule has 0 heterocycles. The molecule has 2 aromatic rings. The largest absolute Gasteiger partial charge is 0.493 e. The highest BCUT2D eigenvalue weighted by atomic mass is 35.5. The van der Waals surface area contributed by atoms with Crippen LogP contribution >= 0.6 is 11.6 Å². The van der Waals surface area contributed by atoms with E-state index in [1.54, 1.807) is 6.92 Å². The first-order chi connectivity index (χ1) is 12.1. The van der Waals surface area contributed by atoms with Crippen LogP contribution in [0.4, 0.5) is 0 Å². The van der Waals surface area contributed by atoms with E-state index in [-0.39, 0.29) is 0 Å². The van der Waals surface area contributed by atoms with Gasteiger partial charge in [-0.15, -0.1) is 0 Å². The standard InChI is InChI=1S/C20H23ClO4/c1-2-24-19(20(22)23)12-7-15-5-10-18(11-6-15)25-14-13-16-3-8-17(21)9-4-16/h3-6,8-11,19H,2,7,12-14H2,1H3,(H,22,23)/t19-/m1/s1. The van der Waals surface area contributed by atoms with Crippen LogP contribution in [0.3, 0.4) is 0 Å². The lowest BCUT2D eigenvalue weighted by Gasteiger charge is -2.12. The second kappa shape index (κ2) is 10.1. The number of benzene rings is 2. The summed E-state index contributed by atoms with van der Waals surface area (Å²) in [5.41, 5.74) is 2.24. The molecule has 5 heteroatoms. The number of carboxylic acid groups (broad SMARTS) is 1. The van der Waals surface area contributed by atoms with Crippen LogP contribution in [0.5, 0.6) is 5.75 Å². The second-order valence-electron chi connectivity index (χ2n) is 5.69. The summed E-state index contributed by atoms with van der Waals surface area (Å²) in [4.78, 5) is 11.1. The molecule has 25 heavy (non-hydrogen) atoms. The average molecular weight is 363 g/mol. The Balaban J connectivity index is 1.77. The molecule has 0 spiro atoms. The maximum Gasteiger partial charge on any atom is 0.332 e. The molecule has 0 saturated carbocycles. The Bertz CT molecular complexity index is 652. The fourth-order valence-electron chi connectivity index (χ4n) is 2.47. The van der Waals surface area contributed by atoms with Gasteiger partial charge in [-0.2, -0.15) is 0 Å². The maximum absolute atomic E-state index is 11.1. The van der Waals surface area contributed by atoms with Gasteiger partial charge in [0.25, 0.3) is 0 Å². The van der Waals surface area contributed by atoms with Crippen LogP contribution < -0.4 is 4.74 Å². The van der Waals surface area contributed by atoms with Gasteiger partial charge in [-0.1, -0.05) is 35.9 Å². The normalized spacial score (nSPS) is 11.9. The summed E-state index contributed by atoms with van der Waals surface area (Å²) < 4.78 is 11.0. The SMILES string of the molecule is CCO[C@H](CCc1ccc(OCCc2ccc(Cl)cc2)cc1)C(=O)O. The molecule has 0 unspecified atom stereocenters. The minimum atomic E-state index is -0.913. The minimum Gasteiger partial charge on any atom is -0.493 e. The number of aliphatic carboxylic acids is 1. The van der Waals surface area contributed by atoms with Crippen molar-refractivity contribution in [2.24, 2.45) is 0 Å². The Kier molecular flexibility index (Phi) is 7.76. The molecule has 134 valence electrons. The van der Waals surface area contributed by atoms with Gasteiger partial charge in [0, 0.05) is 18.1 Å². The van der Waals surface area contributed by atoms with Crippen LogP contribution in [0.15, 0.2) is 48.5 Å². The van der Waals surface area contributed by atoms with E-state index in [4.69, 9.17) is 26.2 Å². The summed E-state index contributed by atoms with van der Waals surface area (Å²) in [7, 11) is 0. The van der Waals surface area contributed by atoms with E-state index in [0.29, 0.717) is 26.1 Å². The lowest BCUT2D eigenvalue weighted by molar-refractivity contribution is -0.150. The quantitative estimate of drug-likeness (QED) is 0.681. The summed E-state index contributed by atoms with van der Waals surface area (Å²) in [6.07, 6.45) is 1.18. The van der Waals surface area contributed by atoms with Crippen molar-refractivity contribution < 1.29 is 19.4 Å². The van der Waals surface area contributed by atoms with Crippen LogP contribution in [0.2, 0.25) is 5.02 Å². The van der Waals surface area contributed by atoms with Gasteiger partial charge in [0.05, 0.1) is 6.61 Å². The Labute approximate surface area is 153 Å². The Morgan fingerprint density at radius 2 is 1.64 bits per heavy atom. The molecule has 2 rings (SSSR count). The van der Waals surface area contributed by atoms with Crippen LogP contribution in [0, 0.1) is 0 Å². The molecule has 0 fully saturated rings. The maximum atomic E-state index is 11.1. The monoisotopic (exact) mass is 362 g/mol. The van der Waals surface area contributed by atoms with Crippen LogP contribution in [0.1, 0.15) is 24.5 Å². The number of carboxylic acids is 1. The first-order valence-electron chi connectivity index (χ1n) is 8.39. The van der Waals surface area contributed by atoms with Crippen LogP contribution in [0.25, 0.3) is 0 Å². The van der Waals surface area contributed by atoms with Crippen molar-refractivity contribution >= 4 is 17.6 Å². The molecule has 4 nitrogen and oxygen atoms in total. The van der Waals surface area contributed by atoms with Gasteiger partial charge in [0.15, 0.2) is 6.10 Å². The molecule has 0 aromatic heterocycles. The molecular formula is C20H23ClO4. The Hall–Kier alpha value is -2.04. The van der Waals surface area contributed by atoms with Crippen LogP contribution in [-0.2, 0) is 22.4 Å². The molecule has 0 aliphatic heterocycles. The second-order valence-corrected chi connectivity index (χ2v) is 6.13. The third kappa shape index (κ3) is 6.77. The molecule has 0 aliphatic carbocycles. The first-order valence-corrected chi connectivity index (χ1v) is 8.77. The average Bonchev–Trinajstić information content (AvgIpc) is 2.61. The van der Waals surface area contributed by atoms with E-state index in [1.807, 2.05) is 48.5 Å². The summed E-state index contributed by atoms with van der Waals surface area (Å²) in [5.74, 6) is -0.110. The third-order valence-corrected chi connectivity index (χ3v) is 4.09.